The van der Waals surface area contributed by atoms with Crippen molar-refractivity contribution in [3.63, 3.8) is 0 Å². The predicted octanol–water partition coefficient (Wildman–Crippen LogP) is 3.64. The first kappa shape index (κ1) is 13.4. The smallest absolute Gasteiger partial charge is 0.221 e. The van der Waals surface area contributed by atoms with Crippen LogP contribution in [0.5, 0.6) is 0 Å². The number of hydrogen-bond donors (Lipinski definition) is 2. The molecule has 0 atom stereocenters. The van der Waals surface area contributed by atoms with Gasteiger partial charge in [-0.05, 0) is 41.9 Å². The molecule has 1 aromatic heterocycles. The molecule has 100 valence electrons. The summed E-state index contributed by atoms with van der Waals surface area (Å²) in [6.45, 7) is 1.69. The van der Waals surface area contributed by atoms with Gasteiger partial charge in [0.05, 0.1) is 12.2 Å². The average Bonchev–Trinajstić information content (AvgIpc) is 2.75. The molecule has 0 aliphatic heterocycles. The minimum absolute atomic E-state index is 0.213. The van der Waals surface area contributed by atoms with E-state index in [4.69, 9.17) is 16.0 Å². The lowest BCUT2D eigenvalue weighted by molar-refractivity contribution is -0.114. The molecule has 0 bridgehead atoms. The number of amides is 1. The van der Waals surface area contributed by atoms with Crippen LogP contribution in [0.1, 0.15) is 12.7 Å². The number of carbonyl (C=O) groups is 1. The summed E-state index contributed by atoms with van der Waals surface area (Å²) in [6.07, 6.45) is 0. The third-order valence-corrected chi connectivity index (χ3v) is 2.57. The van der Waals surface area contributed by atoms with Gasteiger partial charge in [-0.3, -0.25) is 4.79 Å². The fourth-order valence-corrected chi connectivity index (χ4v) is 1.73. The normalized spacial score (nSPS) is 10.3. The van der Waals surface area contributed by atoms with E-state index < -0.39 is 5.82 Å². The highest BCUT2D eigenvalue weighted by molar-refractivity contribution is 6.28. The van der Waals surface area contributed by atoms with Gasteiger partial charge in [0.25, 0.3) is 0 Å². The van der Waals surface area contributed by atoms with Gasteiger partial charge < -0.3 is 15.1 Å². The Morgan fingerprint density at radius 3 is 2.79 bits per heavy atom. The standard InChI is InChI=1S/C13H12ClFN2O2/c1-8(18)17-9-2-4-11(15)12(6-9)16-7-10-3-5-13(14)19-10/h2-6,16H,7H2,1H3,(H,17,18). The summed E-state index contributed by atoms with van der Waals surface area (Å²) in [6, 6.07) is 7.60. The second kappa shape index (κ2) is 5.75. The third kappa shape index (κ3) is 3.72. The van der Waals surface area contributed by atoms with E-state index in [2.05, 4.69) is 10.6 Å². The van der Waals surface area contributed by atoms with E-state index in [1.54, 1.807) is 12.1 Å². The molecule has 0 fully saturated rings. The Bertz CT molecular complexity index is 598. The monoisotopic (exact) mass is 282 g/mol. The highest BCUT2D eigenvalue weighted by atomic mass is 35.5. The first-order chi connectivity index (χ1) is 9.04. The molecular weight excluding hydrogens is 271 g/mol. The van der Waals surface area contributed by atoms with Gasteiger partial charge in [0, 0.05) is 12.6 Å². The molecule has 1 aromatic carbocycles. The molecule has 0 spiro atoms. The van der Waals surface area contributed by atoms with E-state index in [9.17, 15) is 9.18 Å². The van der Waals surface area contributed by atoms with Crippen LogP contribution in [0.2, 0.25) is 5.22 Å². The Morgan fingerprint density at radius 1 is 1.37 bits per heavy atom. The van der Waals surface area contributed by atoms with Gasteiger partial charge >= 0.3 is 0 Å². The SMILES string of the molecule is CC(=O)Nc1ccc(F)c(NCc2ccc(Cl)o2)c1. The van der Waals surface area contributed by atoms with Crippen molar-refractivity contribution in [1.82, 2.24) is 0 Å². The molecule has 0 radical (unpaired) electrons. The molecule has 19 heavy (non-hydrogen) atoms. The second-order valence-corrected chi connectivity index (χ2v) is 4.31. The maximum Gasteiger partial charge on any atom is 0.221 e. The highest BCUT2D eigenvalue weighted by Gasteiger charge is 2.06. The number of anilines is 2. The molecule has 0 unspecified atom stereocenters. The van der Waals surface area contributed by atoms with Crippen LogP contribution in [-0.4, -0.2) is 5.91 Å². The van der Waals surface area contributed by atoms with Gasteiger partial charge in [-0.1, -0.05) is 0 Å². The summed E-state index contributed by atoms with van der Waals surface area (Å²) in [5.74, 6) is -0.0311. The maximum atomic E-state index is 13.6. The van der Waals surface area contributed by atoms with Crippen molar-refractivity contribution in [3.05, 3.63) is 47.1 Å². The first-order valence-electron chi connectivity index (χ1n) is 5.60. The Labute approximate surface area is 114 Å². The van der Waals surface area contributed by atoms with Gasteiger partial charge in [0.2, 0.25) is 5.91 Å². The molecule has 2 N–H and O–H groups in total. The molecule has 4 nitrogen and oxygen atoms in total. The number of hydrogen-bond acceptors (Lipinski definition) is 3. The van der Waals surface area contributed by atoms with E-state index in [1.807, 2.05) is 0 Å². The third-order valence-electron chi connectivity index (χ3n) is 2.37. The second-order valence-electron chi connectivity index (χ2n) is 3.94. The fourth-order valence-electron chi connectivity index (χ4n) is 1.57. The zero-order valence-electron chi connectivity index (χ0n) is 10.2. The molecule has 0 aliphatic carbocycles. The lowest BCUT2D eigenvalue weighted by Gasteiger charge is -2.09. The van der Waals surface area contributed by atoms with Crippen LogP contribution in [0.4, 0.5) is 15.8 Å². The molecule has 0 saturated heterocycles. The summed E-state index contributed by atoms with van der Waals surface area (Å²) in [7, 11) is 0. The van der Waals surface area contributed by atoms with E-state index in [0.29, 0.717) is 18.0 Å². The van der Waals surface area contributed by atoms with Crippen LogP contribution >= 0.6 is 11.6 Å². The molecule has 1 heterocycles. The minimum Gasteiger partial charge on any atom is -0.448 e. The van der Waals surface area contributed by atoms with Crippen molar-refractivity contribution < 1.29 is 13.6 Å². The maximum absolute atomic E-state index is 13.6. The number of nitrogens with one attached hydrogen (secondary N) is 2. The summed E-state index contributed by atoms with van der Waals surface area (Å²) in [5, 5.41) is 5.74. The molecule has 1 amide bonds. The number of furan rings is 1. The van der Waals surface area contributed by atoms with Crippen LogP contribution in [0.3, 0.4) is 0 Å². The number of carbonyl (C=O) groups excluding carboxylic acids is 1. The van der Waals surface area contributed by atoms with Crippen molar-refractivity contribution in [2.24, 2.45) is 0 Å². The minimum atomic E-state index is -0.410. The molecule has 0 saturated carbocycles. The van der Waals surface area contributed by atoms with Gasteiger partial charge in [-0.25, -0.2) is 4.39 Å². The number of rotatable bonds is 4. The highest BCUT2D eigenvalue weighted by Crippen LogP contribution is 2.21. The van der Waals surface area contributed by atoms with Crippen molar-refractivity contribution >= 4 is 28.9 Å². The summed E-state index contributed by atoms with van der Waals surface area (Å²) < 4.78 is 18.7. The lowest BCUT2D eigenvalue weighted by atomic mass is 10.2. The van der Waals surface area contributed by atoms with E-state index >= 15 is 0 Å². The van der Waals surface area contributed by atoms with Crippen molar-refractivity contribution in [1.29, 1.82) is 0 Å². The first-order valence-corrected chi connectivity index (χ1v) is 5.97. The number of halogens is 2. The Balaban J connectivity index is 2.08. The largest absolute Gasteiger partial charge is 0.448 e. The fraction of sp³-hybridized carbons (Fsp3) is 0.154. The lowest BCUT2D eigenvalue weighted by Crippen LogP contribution is -2.07. The van der Waals surface area contributed by atoms with E-state index in [1.165, 1.54) is 25.1 Å². The van der Waals surface area contributed by atoms with Crippen LogP contribution in [0.15, 0.2) is 34.7 Å². The topological polar surface area (TPSA) is 54.3 Å². The van der Waals surface area contributed by atoms with Gasteiger partial charge in [0.1, 0.15) is 11.6 Å². The molecule has 2 rings (SSSR count). The summed E-state index contributed by atoms with van der Waals surface area (Å²) in [4.78, 5) is 10.9. The van der Waals surface area contributed by atoms with Gasteiger partial charge in [-0.15, -0.1) is 0 Å². The van der Waals surface area contributed by atoms with Gasteiger partial charge in [0.15, 0.2) is 5.22 Å². The molecule has 2 aromatic rings. The zero-order chi connectivity index (χ0) is 13.8. The van der Waals surface area contributed by atoms with Crippen molar-refractivity contribution in [2.75, 3.05) is 10.6 Å². The Kier molecular flexibility index (Phi) is 4.06. The average molecular weight is 283 g/mol. The quantitative estimate of drug-likeness (QED) is 0.900. The van der Waals surface area contributed by atoms with Crippen molar-refractivity contribution in [2.45, 2.75) is 13.5 Å². The van der Waals surface area contributed by atoms with E-state index in [0.717, 1.165) is 0 Å². The van der Waals surface area contributed by atoms with E-state index in [-0.39, 0.29) is 16.8 Å². The Hall–Kier alpha value is -2.01. The molecule has 6 heteroatoms. The van der Waals surface area contributed by atoms with Crippen LogP contribution in [0, 0.1) is 5.82 Å². The zero-order valence-corrected chi connectivity index (χ0v) is 10.9. The summed E-state index contributed by atoms with van der Waals surface area (Å²) >= 11 is 5.64. The Morgan fingerprint density at radius 2 is 2.16 bits per heavy atom. The molecule has 0 aliphatic rings. The van der Waals surface area contributed by atoms with Gasteiger partial charge in [-0.2, -0.15) is 0 Å². The number of benzene rings is 1. The van der Waals surface area contributed by atoms with Crippen molar-refractivity contribution in [3.8, 4) is 0 Å². The summed E-state index contributed by atoms with van der Waals surface area (Å²) in [5.41, 5.74) is 0.799. The molecular formula is C13H12ClFN2O2. The predicted molar refractivity (Wildman–Crippen MR) is 71.7 cm³/mol. The van der Waals surface area contributed by atoms with Crippen LogP contribution in [-0.2, 0) is 11.3 Å². The van der Waals surface area contributed by atoms with Crippen LogP contribution < -0.4 is 10.6 Å². The van der Waals surface area contributed by atoms with Crippen LogP contribution in [0.25, 0.3) is 0 Å².